The molecule has 0 unspecified atom stereocenters. The minimum absolute atomic E-state index is 0.263. The molecule has 0 rings (SSSR count). The van der Waals surface area contributed by atoms with E-state index in [0.717, 1.165) is 12.8 Å². The summed E-state index contributed by atoms with van der Waals surface area (Å²) < 4.78 is 0. The molecule has 0 aliphatic carbocycles. The van der Waals surface area contributed by atoms with E-state index in [1.807, 2.05) is 0 Å². The van der Waals surface area contributed by atoms with Crippen molar-refractivity contribution in [3.8, 4) is 0 Å². The first-order chi connectivity index (χ1) is 9.72. The van der Waals surface area contributed by atoms with Gasteiger partial charge in [-0.05, 0) is 6.42 Å². The number of carbonyl (C=O) groups is 1. The van der Waals surface area contributed by atoms with Crippen LogP contribution in [0.25, 0.3) is 0 Å². The average molecular weight is 304 g/mol. The van der Waals surface area contributed by atoms with Crippen molar-refractivity contribution in [3.05, 3.63) is 0 Å². The summed E-state index contributed by atoms with van der Waals surface area (Å²) in [6.45, 7) is 2.25. The van der Waals surface area contributed by atoms with Crippen LogP contribution in [0.15, 0.2) is 5.16 Å². The van der Waals surface area contributed by atoms with Crippen LogP contribution in [-0.4, -0.2) is 16.2 Å². The third-order valence-corrected chi connectivity index (χ3v) is 3.86. The van der Waals surface area contributed by atoms with Crippen LogP contribution in [0.2, 0.25) is 0 Å². The third-order valence-electron chi connectivity index (χ3n) is 3.58. The fourth-order valence-corrected chi connectivity index (χ4v) is 2.38. The molecule has 20 heavy (non-hydrogen) atoms. The quantitative estimate of drug-likeness (QED) is 0.194. The number of hydrogen-bond donors (Lipinski definition) is 1. The Hall–Kier alpha value is -0.570. The van der Waals surface area contributed by atoms with Gasteiger partial charge in [0.1, 0.15) is 0 Å². The van der Waals surface area contributed by atoms with Crippen molar-refractivity contribution in [2.75, 3.05) is 0 Å². The van der Waals surface area contributed by atoms with Gasteiger partial charge in [0.25, 0.3) is 0 Å². The summed E-state index contributed by atoms with van der Waals surface area (Å²) in [5.41, 5.74) is 0. The molecule has 4 heteroatoms. The molecular weight excluding hydrogens is 274 g/mol. The molecular formula is C16H30ClNO2. The lowest BCUT2D eigenvalue weighted by molar-refractivity contribution is -0.112. The summed E-state index contributed by atoms with van der Waals surface area (Å²) in [5.74, 6) is -0.263. The van der Waals surface area contributed by atoms with Crippen molar-refractivity contribution >= 4 is 22.6 Å². The van der Waals surface area contributed by atoms with Crippen molar-refractivity contribution in [2.24, 2.45) is 5.16 Å². The van der Waals surface area contributed by atoms with Crippen LogP contribution in [0.1, 0.15) is 90.4 Å². The largest absolute Gasteiger partial charge is 0.410 e. The number of hydrogen-bond acceptors (Lipinski definition) is 3. The monoisotopic (exact) mass is 303 g/mol. The molecule has 118 valence electrons. The van der Waals surface area contributed by atoms with Crippen LogP contribution >= 0.6 is 11.6 Å². The van der Waals surface area contributed by atoms with Gasteiger partial charge in [0.15, 0.2) is 5.78 Å². The number of Topliss-reactive ketones (excluding diaryl/α,β-unsaturated/α-hetero) is 1. The second-order valence-corrected chi connectivity index (χ2v) is 5.81. The van der Waals surface area contributed by atoms with Gasteiger partial charge in [-0.1, -0.05) is 94.3 Å². The molecule has 0 amide bonds. The van der Waals surface area contributed by atoms with E-state index in [2.05, 4.69) is 12.1 Å². The highest BCUT2D eigenvalue weighted by Crippen LogP contribution is 2.12. The lowest BCUT2D eigenvalue weighted by Gasteiger charge is -2.02. The van der Waals surface area contributed by atoms with Gasteiger partial charge in [0, 0.05) is 6.42 Å². The van der Waals surface area contributed by atoms with E-state index >= 15 is 0 Å². The molecule has 0 spiro atoms. The highest BCUT2D eigenvalue weighted by Gasteiger charge is 2.07. The molecule has 0 radical (unpaired) electrons. The Morgan fingerprint density at radius 3 is 1.65 bits per heavy atom. The maximum Gasteiger partial charge on any atom is 0.211 e. The highest BCUT2D eigenvalue weighted by molar-refractivity contribution is 6.82. The Labute approximate surface area is 128 Å². The van der Waals surface area contributed by atoms with Gasteiger partial charge in [-0.15, -0.1) is 0 Å². The number of halogens is 1. The fraction of sp³-hybridized carbons (Fsp3) is 0.875. The number of oxime groups is 1. The van der Waals surface area contributed by atoms with Crippen LogP contribution in [0.3, 0.4) is 0 Å². The van der Waals surface area contributed by atoms with Crippen molar-refractivity contribution in [2.45, 2.75) is 90.4 Å². The smallest absolute Gasteiger partial charge is 0.211 e. The zero-order chi connectivity index (χ0) is 15.1. The first kappa shape index (κ1) is 19.4. The second kappa shape index (κ2) is 14.8. The molecule has 0 atom stereocenters. The summed E-state index contributed by atoms with van der Waals surface area (Å²) in [6, 6.07) is 0. The van der Waals surface area contributed by atoms with Crippen molar-refractivity contribution in [1.29, 1.82) is 0 Å². The lowest BCUT2D eigenvalue weighted by Crippen LogP contribution is -2.06. The summed E-state index contributed by atoms with van der Waals surface area (Å²) in [7, 11) is 0. The van der Waals surface area contributed by atoms with E-state index in [-0.39, 0.29) is 11.0 Å². The van der Waals surface area contributed by atoms with Gasteiger partial charge in [0.05, 0.1) is 0 Å². The van der Waals surface area contributed by atoms with E-state index in [9.17, 15) is 4.79 Å². The highest BCUT2D eigenvalue weighted by atomic mass is 35.5. The zero-order valence-electron chi connectivity index (χ0n) is 12.9. The zero-order valence-corrected chi connectivity index (χ0v) is 13.6. The van der Waals surface area contributed by atoms with Gasteiger partial charge in [-0.3, -0.25) is 4.79 Å². The van der Waals surface area contributed by atoms with Crippen LogP contribution in [0.5, 0.6) is 0 Å². The predicted octanol–water partition coefficient (Wildman–Crippen LogP) is 5.67. The van der Waals surface area contributed by atoms with E-state index in [0.29, 0.717) is 6.42 Å². The summed E-state index contributed by atoms with van der Waals surface area (Å²) in [5, 5.41) is 10.7. The lowest BCUT2D eigenvalue weighted by atomic mass is 10.0. The second-order valence-electron chi connectivity index (χ2n) is 5.45. The minimum atomic E-state index is -0.298. The maximum atomic E-state index is 11.2. The van der Waals surface area contributed by atoms with E-state index < -0.39 is 0 Å². The maximum absolute atomic E-state index is 11.2. The molecule has 0 fully saturated rings. The predicted molar refractivity (Wildman–Crippen MR) is 85.8 cm³/mol. The standard InChI is InChI=1S/C16H30ClNO2/c1-2-3-4-5-6-7-8-9-10-11-12-13-14-15(19)16(17)18-20/h20H,2-14H2,1H3. The van der Waals surface area contributed by atoms with Crippen molar-refractivity contribution < 1.29 is 10.0 Å². The summed E-state index contributed by atoms with van der Waals surface area (Å²) in [6.07, 6.45) is 15.6. The molecule has 1 N–H and O–H groups in total. The Kier molecular flexibility index (Phi) is 14.4. The van der Waals surface area contributed by atoms with E-state index in [4.69, 9.17) is 16.8 Å². The van der Waals surface area contributed by atoms with Crippen LogP contribution in [-0.2, 0) is 4.79 Å². The van der Waals surface area contributed by atoms with Gasteiger partial charge in [-0.25, -0.2) is 0 Å². The molecule has 0 saturated carbocycles. The number of unbranched alkanes of at least 4 members (excludes halogenated alkanes) is 11. The molecule has 0 heterocycles. The first-order valence-electron chi connectivity index (χ1n) is 8.13. The first-order valence-corrected chi connectivity index (χ1v) is 8.51. The molecule has 0 aliphatic rings. The van der Waals surface area contributed by atoms with Gasteiger partial charge < -0.3 is 5.21 Å². The molecule has 3 nitrogen and oxygen atoms in total. The number of rotatable bonds is 14. The molecule has 0 bridgehead atoms. The van der Waals surface area contributed by atoms with E-state index in [1.54, 1.807) is 0 Å². The number of nitrogens with zero attached hydrogens (tertiary/aromatic N) is 1. The Morgan fingerprint density at radius 1 is 0.850 bits per heavy atom. The van der Waals surface area contributed by atoms with Crippen molar-refractivity contribution in [1.82, 2.24) is 0 Å². The average Bonchev–Trinajstić information content (AvgIpc) is 2.47. The van der Waals surface area contributed by atoms with Gasteiger partial charge in [-0.2, -0.15) is 0 Å². The van der Waals surface area contributed by atoms with Gasteiger partial charge >= 0.3 is 0 Å². The fourth-order valence-electron chi connectivity index (χ4n) is 2.29. The Bertz CT molecular complexity index is 267. The van der Waals surface area contributed by atoms with E-state index in [1.165, 1.54) is 64.2 Å². The normalized spacial score (nSPS) is 11.8. The SMILES string of the molecule is CCCCCCCCCCCCCCC(=O)C(Cl)=NO. The molecule has 0 aromatic heterocycles. The summed E-state index contributed by atoms with van der Waals surface area (Å²) >= 11 is 5.41. The van der Waals surface area contributed by atoms with Crippen LogP contribution < -0.4 is 0 Å². The third kappa shape index (κ3) is 12.5. The Morgan fingerprint density at radius 2 is 1.25 bits per heavy atom. The summed E-state index contributed by atoms with van der Waals surface area (Å²) in [4.78, 5) is 11.2. The number of carbonyl (C=O) groups excluding carboxylic acids is 1. The van der Waals surface area contributed by atoms with Gasteiger partial charge in [0.2, 0.25) is 5.17 Å². The van der Waals surface area contributed by atoms with Crippen LogP contribution in [0.4, 0.5) is 0 Å². The molecule has 0 aliphatic heterocycles. The minimum Gasteiger partial charge on any atom is -0.410 e. The van der Waals surface area contributed by atoms with Crippen LogP contribution in [0, 0.1) is 0 Å². The Balaban J connectivity index is 3.15. The number of ketones is 1. The topological polar surface area (TPSA) is 49.7 Å². The molecule has 0 aromatic rings. The van der Waals surface area contributed by atoms with Crippen molar-refractivity contribution in [3.63, 3.8) is 0 Å². The molecule has 0 saturated heterocycles. The molecule has 0 aromatic carbocycles.